The van der Waals surface area contributed by atoms with Gasteiger partial charge in [-0.2, -0.15) is 0 Å². The molecule has 0 aromatic heterocycles. The van der Waals surface area contributed by atoms with E-state index in [-0.39, 0.29) is 5.41 Å². The fraction of sp³-hybridized carbons (Fsp3) is 0.0612. The van der Waals surface area contributed by atoms with Crippen LogP contribution in [0.5, 0.6) is 11.5 Å². The van der Waals surface area contributed by atoms with Gasteiger partial charge in [-0.1, -0.05) is 135 Å². The van der Waals surface area contributed by atoms with Crippen molar-refractivity contribution in [1.29, 1.82) is 0 Å². The lowest BCUT2D eigenvalue weighted by Crippen LogP contribution is -2.16. The van der Waals surface area contributed by atoms with Crippen LogP contribution in [0.25, 0.3) is 55.3 Å². The molecule has 8 aromatic carbocycles. The first kappa shape index (κ1) is 29.5. The number of nitrogens with zero attached hydrogens (tertiary/aromatic N) is 1. The maximum absolute atomic E-state index is 6.39. The van der Waals surface area contributed by atoms with Gasteiger partial charge in [0.1, 0.15) is 11.5 Å². The summed E-state index contributed by atoms with van der Waals surface area (Å²) in [4.78, 5) is 2.40. The summed E-state index contributed by atoms with van der Waals surface area (Å²) in [6, 6.07) is 63.7. The van der Waals surface area contributed by atoms with Crippen molar-refractivity contribution >= 4 is 27.8 Å². The largest absolute Gasteiger partial charge is 0.456 e. The minimum atomic E-state index is -0.0929. The second-order valence-electron chi connectivity index (χ2n) is 14.2. The van der Waals surface area contributed by atoms with Gasteiger partial charge in [-0.25, -0.2) is 0 Å². The van der Waals surface area contributed by atoms with Crippen LogP contribution in [0.2, 0.25) is 0 Å². The number of rotatable bonds is 5. The highest BCUT2D eigenvalue weighted by Gasteiger charge is 2.35. The zero-order valence-corrected chi connectivity index (χ0v) is 28.6. The molecule has 1 aliphatic heterocycles. The lowest BCUT2D eigenvalue weighted by Gasteiger charge is -2.28. The molecule has 0 saturated carbocycles. The molecule has 2 aliphatic rings. The van der Waals surface area contributed by atoms with E-state index in [1.54, 1.807) is 0 Å². The Labute approximate surface area is 298 Å². The predicted molar refractivity (Wildman–Crippen MR) is 213 cm³/mol. The number of benzene rings is 8. The van der Waals surface area contributed by atoms with Crippen molar-refractivity contribution in [3.63, 3.8) is 0 Å². The molecule has 0 spiro atoms. The van der Waals surface area contributed by atoms with Crippen molar-refractivity contribution in [2.24, 2.45) is 0 Å². The van der Waals surface area contributed by atoms with Crippen molar-refractivity contribution in [2.75, 3.05) is 4.90 Å². The highest BCUT2D eigenvalue weighted by atomic mass is 16.5. The van der Waals surface area contributed by atoms with Gasteiger partial charge in [0.15, 0.2) is 0 Å². The Hall–Kier alpha value is -6.38. The minimum Gasteiger partial charge on any atom is -0.456 e. The number of anilines is 3. The van der Waals surface area contributed by atoms with Gasteiger partial charge in [-0.3, -0.25) is 0 Å². The summed E-state index contributed by atoms with van der Waals surface area (Å²) < 4.78 is 6.39. The van der Waals surface area contributed by atoms with Crippen molar-refractivity contribution in [3.8, 4) is 56.0 Å². The first-order valence-corrected chi connectivity index (χ1v) is 17.7. The van der Waals surface area contributed by atoms with Gasteiger partial charge < -0.3 is 9.64 Å². The van der Waals surface area contributed by atoms with E-state index in [2.05, 4.69) is 195 Å². The van der Waals surface area contributed by atoms with Gasteiger partial charge in [0.05, 0.1) is 0 Å². The maximum Gasteiger partial charge on any atom is 0.135 e. The van der Waals surface area contributed by atoms with E-state index in [0.29, 0.717) is 0 Å². The highest BCUT2D eigenvalue weighted by Crippen LogP contribution is 2.51. The fourth-order valence-electron chi connectivity index (χ4n) is 8.28. The van der Waals surface area contributed by atoms with Gasteiger partial charge in [0, 0.05) is 33.4 Å². The Kier molecular flexibility index (Phi) is 6.56. The van der Waals surface area contributed by atoms with Gasteiger partial charge in [0.2, 0.25) is 0 Å². The topological polar surface area (TPSA) is 12.5 Å². The smallest absolute Gasteiger partial charge is 0.135 e. The summed E-state index contributed by atoms with van der Waals surface area (Å²) in [5.41, 5.74) is 15.7. The number of fused-ring (bicyclic) bond motifs is 5. The third kappa shape index (κ3) is 4.71. The van der Waals surface area contributed by atoms with Crippen molar-refractivity contribution < 1.29 is 4.74 Å². The van der Waals surface area contributed by atoms with Crippen molar-refractivity contribution in [2.45, 2.75) is 19.3 Å². The molecule has 0 N–H and O–H groups in total. The molecule has 0 amide bonds. The summed E-state index contributed by atoms with van der Waals surface area (Å²) >= 11 is 0. The van der Waals surface area contributed by atoms with E-state index in [0.717, 1.165) is 45.3 Å². The molecule has 0 bridgehead atoms. The van der Waals surface area contributed by atoms with E-state index in [1.165, 1.54) is 49.7 Å². The van der Waals surface area contributed by atoms with Crippen LogP contribution in [0.1, 0.15) is 25.0 Å². The number of hydrogen-bond acceptors (Lipinski definition) is 2. The van der Waals surface area contributed by atoms with Crippen LogP contribution in [0, 0.1) is 0 Å². The Morgan fingerprint density at radius 3 is 1.88 bits per heavy atom. The van der Waals surface area contributed by atoms with Crippen LogP contribution in [0.15, 0.2) is 176 Å². The average Bonchev–Trinajstić information content (AvgIpc) is 3.41. The van der Waals surface area contributed by atoms with Crippen LogP contribution in [0.4, 0.5) is 17.1 Å². The molecule has 0 unspecified atom stereocenters. The minimum absolute atomic E-state index is 0.0929. The van der Waals surface area contributed by atoms with Crippen LogP contribution < -0.4 is 9.64 Å². The molecule has 2 nitrogen and oxygen atoms in total. The van der Waals surface area contributed by atoms with Crippen LogP contribution in [-0.4, -0.2) is 0 Å². The first-order chi connectivity index (χ1) is 25.0. The maximum atomic E-state index is 6.39. The molecule has 1 heterocycles. The second kappa shape index (κ2) is 11.3. The molecule has 2 heteroatoms. The summed E-state index contributed by atoms with van der Waals surface area (Å²) in [7, 11) is 0. The van der Waals surface area contributed by atoms with Gasteiger partial charge in [0.25, 0.3) is 0 Å². The van der Waals surface area contributed by atoms with E-state index in [4.69, 9.17) is 4.74 Å². The molecule has 1 aliphatic carbocycles. The van der Waals surface area contributed by atoms with E-state index in [9.17, 15) is 0 Å². The normalized spacial score (nSPS) is 13.2. The van der Waals surface area contributed by atoms with Crippen LogP contribution in [0.3, 0.4) is 0 Å². The summed E-state index contributed by atoms with van der Waals surface area (Å²) in [6.07, 6.45) is 0. The molecule has 10 rings (SSSR count). The fourth-order valence-corrected chi connectivity index (χ4v) is 8.28. The molecule has 51 heavy (non-hydrogen) atoms. The first-order valence-electron chi connectivity index (χ1n) is 17.7. The molecular weight excluding hydrogens is 619 g/mol. The molecule has 0 fully saturated rings. The zero-order valence-electron chi connectivity index (χ0n) is 28.6. The monoisotopic (exact) mass is 653 g/mol. The van der Waals surface area contributed by atoms with Crippen molar-refractivity contribution in [1.82, 2.24) is 0 Å². The Morgan fingerprint density at radius 1 is 0.392 bits per heavy atom. The van der Waals surface area contributed by atoms with Gasteiger partial charge in [-0.15, -0.1) is 0 Å². The summed E-state index contributed by atoms with van der Waals surface area (Å²) in [6.45, 7) is 4.69. The Balaban J connectivity index is 1.08. The SMILES string of the molecule is CC1(C)c2ccccc2-c2ccc(N(c3ccc(-c4ccc5c(c4)-c4cccc6cccc(c46)O5)cc3)c3cccc(-c4ccccc4)c3)cc21. The predicted octanol–water partition coefficient (Wildman–Crippen LogP) is 13.7. The summed E-state index contributed by atoms with van der Waals surface area (Å²) in [5.74, 6) is 1.82. The Morgan fingerprint density at radius 2 is 1.02 bits per heavy atom. The molecule has 0 saturated heterocycles. The lowest BCUT2D eigenvalue weighted by atomic mass is 9.82. The second-order valence-corrected chi connectivity index (χ2v) is 14.2. The third-order valence-corrected chi connectivity index (χ3v) is 10.9. The van der Waals surface area contributed by atoms with E-state index >= 15 is 0 Å². The van der Waals surface area contributed by atoms with Crippen molar-refractivity contribution in [3.05, 3.63) is 187 Å². The zero-order chi connectivity index (χ0) is 34.1. The quantitative estimate of drug-likeness (QED) is 0.183. The third-order valence-electron chi connectivity index (χ3n) is 10.9. The molecule has 0 atom stereocenters. The highest BCUT2D eigenvalue weighted by molar-refractivity contribution is 6.04. The van der Waals surface area contributed by atoms with Gasteiger partial charge in [-0.05, 0) is 110 Å². The standard InChI is InChI=1S/C49H35NO/c1-49(2)44-19-7-6-17-40(44)41-27-26-39(31-45(41)49)50(38-16-8-15-35(29-38)32-11-4-3-5-12-32)37-24-21-33(22-25-37)36-23-28-46-43(30-36)42-18-9-13-34-14-10-20-47(51-46)48(34)42/h3-31H,1-2H3. The molecule has 242 valence electrons. The van der Waals surface area contributed by atoms with E-state index in [1.807, 2.05) is 0 Å². The number of ether oxygens (including phenoxy) is 1. The van der Waals surface area contributed by atoms with Crippen LogP contribution >= 0.6 is 0 Å². The molecule has 0 radical (unpaired) electrons. The average molecular weight is 654 g/mol. The summed E-state index contributed by atoms with van der Waals surface area (Å²) in [5, 5.41) is 2.37. The lowest BCUT2D eigenvalue weighted by molar-refractivity contribution is 0.487. The van der Waals surface area contributed by atoms with Gasteiger partial charge >= 0.3 is 0 Å². The number of hydrogen-bond donors (Lipinski definition) is 0. The molecular formula is C49H35NO. The molecule has 8 aromatic rings. The Bertz CT molecular complexity index is 2630. The van der Waals surface area contributed by atoms with E-state index < -0.39 is 0 Å². The van der Waals surface area contributed by atoms with Crippen LogP contribution in [-0.2, 0) is 5.41 Å².